The predicted octanol–water partition coefficient (Wildman–Crippen LogP) is 3.05. The third-order valence-corrected chi connectivity index (χ3v) is 2.70. The molecule has 0 saturated carbocycles. The van der Waals surface area contributed by atoms with E-state index in [0.717, 1.165) is 25.0 Å². The largest absolute Gasteiger partial charge is 0.433 e. The lowest BCUT2D eigenvalue weighted by molar-refractivity contribution is -0.141. The van der Waals surface area contributed by atoms with E-state index in [-0.39, 0.29) is 11.4 Å². The van der Waals surface area contributed by atoms with E-state index in [4.69, 9.17) is 5.73 Å². The molecule has 0 aliphatic rings. The number of rotatable bonds is 6. The molecule has 0 spiro atoms. The Kier molecular flexibility index (Phi) is 5.35. The number of nitrogens with zero attached hydrogens (tertiary/aromatic N) is 1. The van der Waals surface area contributed by atoms with Crippen LogP contribution in [-0.4, -0.2) is 17.4 Å². The number of pyridine rings is 1. The number of carbonyl (C=O) groups excluding carboxylic acids is 1. The third kappa shape index (κ3) is 4.71. The zero-order valence-electron chi connectivity index (χ0n) is 11.4. The van der Waals surface area contributed by atoms with Crippen LogP contribution in [0.4, 0.5) is 19.0 Å². The fourth-order valence-corrected chi connectivity index (χ4v) is 1.67. The molecule has 0 radical (unpaired) electrons. The van der Waals surface area contributed by atoms with E-state index in [0.29, 0.717) is 12.5 Å². The first-order valence-electron chi connectivity index (χ1n) is 6.33. The molecule has 0 aromatic carbocycles. The first-order chi connectivity index (χ1) is 9.21. The molecule has 0 atom stereocenters. The molecular weight excluding hydrogens is 271 g/mol. The molecule has 0 bridgehead atoms. The standard InChI is InChI=1S/C13H18F3N3O/c1-8(2)4-3-7-18-12-9(11(17)20)5-6-10(19-12)13(14,15)16/h5-6,8H,3-4,7H2,1-2H3,(H2,17,20)(H,18,19). The van der Waals surface area contributed by atoms with Crippen molar-refractivity contribution in [3.8, 4) is 0 Å². The zero-order valence-corrected chi connectivity index (χ0v) is 11.4. The van der Waals surface area contributed by atoms with E-state index >= 15 is 0 Å². The second kappa shape index (κ2) is 6.58. The van der Waals surface area contributed by atoms with Crippen molar-refractivity contribution in [3.05, 3.63) is 23.4 Å². The minimum Gasteiger partial charge on any atom is -0.369 e. The number of hydrogen-bond acceptors (Lipinski definition) is 3. The summed E-state index contributed by atoms with van der Waals surface area (Å²) in [4.78, 5) is 14.6. The summed E-state index contributed by atoms with van der Waals surface area (Å²) >= 11 is 0. The highest BCUT2D eigenvalue weighted by atomic mass is 19.4. The van der Waals surface area contributed by atoms with Gasteiger partial charge in [-0.05, 0) is 30.9 Å². The van der Waals surface area contributed by atoms with Crippen LogP contribution in [-0.2, 0) is 6.18 Å². The van der Waals surface area contributed by atoms with Gasteiger partial charge in [-0.3, -0.25) is 4.79 Å². The van der Waals surface area contributed by atoms with E-state index in [1.807, 2.05) is 0 Å². The second-order valence-electron chi connectivity index (χ2n) is 4.92. The third-order valence-electron chi connectivity index (χ3n) is 2.70. The minimum absolute atomic E-state index is 0.0393. The molecule has 1 aromatic heterocycles. The highest BCUT2D eigenvalue weighted by Gasteiger charge is 2.33. The van der Waals surface area contributed by atoms with Gasteiger partial charge in [0.25, 0.3) is 5.91 Å². The molecule has 1 rings (SSSR count). The fourth-order valence-electron chi connectivity index (χ4n) is 1.67. The highest BCUT2D eigenvalue weighted by molar-refractivity contribution is 5.97. The number of hydrogen-bond donors (Lipinski definition) is 2. The molecule has 4 nitrogen and oxygen atoms in total. The van der Waals surface area contributed by atoms with Crippen LogP contribution in [0.15, 0.2) is 12.1 Å². The summed E-state index contributed by atoms with van der Waals surface area (Å²) in [6.45, 7) is 4.54. The van der Waals surface area contributed by atoms with Crippen molar-refractivity contribution in [2.45, 2.75) is 32.9 Å². The Hall–Kier alpha value is -1.79. The Balaban J connectivity index is 2.87. The van der Waals surface area contributed by atoms with Crippen LogP contribution < -0.4 is 11.1 Å². The maximum absolute atomic E-state index is 12.6. The van der Waals surface area contributed by atoms with Gasteiger partial charge in [-0.2, -0.15) is 13.2 Å². The fraction of sp³-hybridized carbons (Fsp3) is 0.538. The Morgan fingerprint density at radius 1 is 1.40 bits per heavy atom. The van der Waals surface area contributed by atoms with Crippen molar-refractivity contribution in [1.29, 1.82) is 0 Å². The van der Waals surface area contributed by atoms with Crippen molar-refractivity contribution in [3.63, 3.8) is 0 Å². The summed E-state index contributed by atoms with van der Waals surface area (Å²) in [5.41, 5.74) is 4.04. The molecule has 7 heteroatoms. The van der Waals surface area contributed by atoms with Crippen molar-refractivity contribution in [2.24, 2.45) is 11.7 Å². The lowest BCUT2D eigenvalue weighted by Gasteiger charge is -2.13. The quantitative estimate of drug-likeness (QED) is 0.791. The number of primary amides is 1. The molecule has 1 heterocycles. The van der Waals surface area contributed by atoms with Gasteiger partial charge in [0.05, 0.1) is 5.56 Å². The first-order valence-corrected chi connectivity index (χ1v) is 6.33. The van der Waals surface area contributed by atoms with Gasteiger partial charge in [-0.25, -0.2) is 4.98 Å². The smallest absolute Gasteiger partial charge is 0.369 e. The average Bonchev–Trinajstić information content (AvgIpc) is 2.32. The first kappa shape index (κ1) is 16.3. The van der Waals surface area contributed by atoms with Crippen molar-refractivity contribution >= 4 is 11.7 Å². The van der Waals surface area contributed by atoms with Gasteiger partial charge in [0.15, 0.2) is 0 Å². The molecule has 0 aliphatic heterocycles. The molecule has 1 aromatic rings. The van der Waals surface area contributed by atoms with Crippen molar-refractivity contribution < 1.29 is 18.0 Å². The van der Waals surface area contributed by atoms with Crippen LogP contribution >= 0.6 is 0 Å². The number of aromatic nitrogens is 1. The molecule has 0 fully saturated rings. The number of amides is 1. The summed E-state index contributed by atoms with van der Waals surface area (Å²) in [5, 5.41) is 2.75. The summed E-state index contributed by atoms with van der Waals surface area (Å²) in [5.74, 6) is -0.421. The van der Waals surface area contributed by atoms with E-state index in [9.17, 15) is 18.0 Å². The van der Waals surface area contributed by atoms with Crippen LogP contribution in [0.25, 0.3) is 0 Å². The Bertz CT molecular complexity index is 472. The Labute approximate surface area is 115 Å². The molecule has 20 heavy (non-hydrogen) atoms. The van der Waals surface area contributed by atoms with Crippen LogP contribution in [0, 0.1) is 5.92 Å². The Morgan fingerprint density at radius 2 is 2.05 bits per heavy atom. The molecular formula is C13H18F3N3O. The minimum atomic E-state index is -4.55. The normalized spacial score (nSPS) is 11.7. The zero-order chi connectivity index (χ0) is 15.3. The number of nitrogens with one attached hydrogen (secondary N) is 1. The monoisotopic (exact) mass is 289 g/mol. The summed E-state index contributed by atoms with van der Waals surface area (Å²) in [7, 11) is 0. The molecule has 0 saturated heterocycles. The second-order valence-corrected chi connectivity index (χ2v) is 4.92. The number of nitrogens with two attached hydrogens (primary N) is 1. The van der Waals surface area contributed by atoms with Gasteiger partial charge in [-0.1, -0.05) is 13.8 Å². The summed E-state index contributed by atoms with van der Waals surface area (Å²) in [6.07, 6.45) is -2.85. The highest BCUT2D eigenvalue weighted by Crippen LogP contribution is 2.29. The van der Waals surface area contributed by atoms with Crippen LogP contribution in [0.3, 0.4) is 0 Å². The molecule has 0 unspecified atom stereocenters. The van der Waals surface area contributed by atoms with Crippen LogP contribution in [0.2, 0.25) is 0 Å². The van der Waals surface area contributed by atoms with Gasteiger partial charge < -0.3 is 11.1 Å². The van der Waals surface area contributed by atoms with Gasteiger partial charge in [-0.15, -0.1) is 0 Å². The lowest BCUT2D eigenvalue weighted by atomic mass is 10.1. The van der Waals surface area contributed by atoms with Gasteiger partial charge in [0.2, 0.25) is 0 Å². The maximum atomic E-state index is 12.6. The van der Waals surface area contributed by atoms with Gasteiger partial charge >= 0.3 is 6.18 Å². The lowest BCUT2D eigenvalue weighted by Crippen LogP contribution is -2.18. The molecule has 3 N–H and O–H groups in total. The van der Waals surface area contributed by atoms with Gasteiger partial charge in [0.1, 0.15) is 11.5 Å². The predicted molar refractivity (Wildman–Crippen MR) is 70.3 cm³/mol. The summed E-state index contributed by atoms with van der Waals surface area (Å²) in [6, 6.07) is 1.79. The SMILES string of the molecule is CC(C)CCCNc1nc(C(F)(F)F)ccc1C(N)=O. The number of halogens is 3. The van der Waals surface area contributed by atoms with E-state index in [1.165, 1.54) is 0 Å². The molecule has 0 aliphatic carbocycles. The number of carbonyl (C=O) groups is 1. The summed E-state index contributed by atoms with van der Waals surface area (Å²) < 4.78 is 37.8. The topological polar surface area (TPSA) is 68.0 Å². The Morgan fingerprint density at radius 3 is 2.55 bits per heavy atom. The van der Waals surface area contributed by atoms with Crippen molar-refractivity contribution in [2.75, 3.05) is 11.9 Å². The van der Waals surface area contributed by atoms with Crippen LogP contribution in [0.1, 0.15) is 42.7 Å². The van der Waals surface area contributed by atoms with Gasteiger partial charge in [0, 0.05) is 6.54 Å². The number of anilines is 1. The van der Waals surface area contributed by atoms with E-state index < -0.39 is 17.8 Å². The van der Waals surface area contributed by atoms with E-state index in [1.54, 1.807) is 0 Å². The van der Waals surface area contributed by atoms with Crippen molar-refractivity contribution in [1.82, 2.24) is 4.98 Å². The maximum Gasteiger partial charge on any atom is 0.433 e. The average molecular weight is 289 g/mol. The van der Waals surface area contributed by atoms with E-state index in [2.05, 4.69) is 24.1 Å². The van der Waals surface area contributed by atoms with Crippen LogP contribution in [0.5, 0.6) is 0 Å². The number of alkyl halides is 3. The molecule has 112 valence electrons. The molecule has 1 amide bonds.